The van der Waals surface area contributed by atoms with Crippen LogP contribution in [0.15, 0.2) is 42.5 Å². The van der Waals surface area contributed by atoms with Crippen molar-refractivity contribution in [3.8, 4) is 5.75 Å². The number of nitrogens with one attached hydrogen (secondary N) is 1. The summed E-state index contributed by atoms with van der Waals surface area (Å²) in [6.07, 6.45) is 0.780. The first-order valence-corrected chi connectivity index (χ1v) is 12.7. The van der Waals surface area contributed by atoms with Crippen LogP contribution in [-0.4, -0.2) is 35.7 Å². The van der Waals surface area contributed by atoms with E-state index in [-0.39, 0.29) is 22.2 Å². The van der Waals surface area contributed by atoms with E-state index in [2.05, 4.69) is 23.5 Å². The van der Waals surface area contributed by atoms with E-state index >= 15 is 0 Å². The molecule has 0 bridgehead atoms. The molecule has 196 valence electrons. The summed E-state index contributed by atoms with van der Waals surface area (Å²) in [6, 6.07) is 11.5. The summed E-state index contributed by atoms with van der Waals surface area (Å²) in [5.74, 6) is -0.732. The average molecular weight is 524 g/mol. The number of amides is 3. The van der Waals surface area contributed by atoms with Gasteiger partial charge in [-0.3, -0.25) is 19.3 Å². The summed E-state index contributed by atoms with van der Waals surface area (Å²) in [6.45, 7) is 8.41. The summed E-state index contributed by atoms with van der Waals surface area (Å²) in [7, 11) is 1.56. The molecule has 3 rings (SSSR count). The number of carbonyl (C=O) groups is 3. The molecule has 0 unspecified atom stereocenters. The number of rotatable bonds is 10. The quantitative estimate of drug-likeness (QED) is 0.367. The van der Waals surface area contributed by atoms with Gasteiger partial charge in [-0.1, -0.05) is 38.1 Å². The first kappa shape index (κ1) is 27.7. The molecule has 5 N–H and O–H groups in total. The summed E-state index contributed by atoms with van der Waals surface area (Å²) in [5, 5.41) is 2.99. The van der Waals surface area contributed by atoms with Crippen molar-refractivity contribution in [3.63, 3.8) is 0 Å². The lowest BCUT2D eigenvalue weighted by Gasteiger charge is -2.33. The van der Waals surface area contributed by atoms with Gasteiger partial charge in [-0.15, -0.1) is 0 Å². The SMILES string of the molecule is COc1ccc([C@H](C(=O)NCCC(C)C)N(C(=O)c2snc(C(N)=O)c2N)c2cccc(C)c2C)cc1. The Morgan fingerprint density at radius 3 is 2.35 bits per heavy atom. The van der Waals surface area contributed by atoms with Crippen LogP contribution in [-0.2, 0) is 4.79 Å². The van der Waals surface area contributed by atoms with Crippen LogP contribution in [0, 0.1) is 19.8 Å². The molecule has 0 radical (unpaired) electrons. The molecule has 0 saturated heterocycles. The van der Waals surface area contributed by atoms with Crippen molar-refractivity contribution in [3.05, 3.63) is 69.7 Å². The van der Waals surface area contributed by atoms with Crippen LogP contribution in [0.4, 0.5) is 11.4 Å². The molecule has 1 heterocycles. The number of aryl methyl sites for hydroxylation is 1. The number of carbonyl (C=O) groups excluding carboxylic acids is 3. The number of nitrogens with two attached hydrogens (primary N) is 2. The molecule has 3 aromatic rings. The minimum atomic E-state index is -1.04. The highest BCUT2D eigenvalue weighted by atomic mass is 32.1. The molecule has 10 heteroatoms. The van der Waals surface area contributed by atoms with Gasteiger partial charge in [-0.05, 0) is 72.6 Å². The summed E-state index contributed by atoms with van der Waals surface area (Å²) in [5.41, 5.74) is 14.1. The van der Waals surface area contributed by atoms with Gasteiger partial charge in [-0.2, -0.15) is 4.37 Å². The second kappa shape index (κ2) is 11.9. The van der Waals surface area contributed by atoms with Gasteiger partial charge in [0.05, 0.1) is 12.8 Å². The average Bonchev–Trinajstić information content (AvgIpc) is 3.25. The van der Waals surface area contributed by atoms with Crippen molar-refractivity contribution in [2.45, 2.75) is 40.2 Å². The number of aromatic nitrogens is 1. The zero-order valence-corrected chi connectivity index (χ0v) is 22.5. The third-order valence-corrected chi connectivity index (χ3v) is 7.02. The number of benzene rings is 2. The Labute approximate surface area is 221 Å². The van der Waals surface area contributed by atoms with Gasteiger partial charge in [0.25, 0.3) is 11.8 Å². The maximum Gasteiger partial charge on any atom is 0.273 e. The highest BCUT2D eigenvalue weighted by molar-refractivity contribution is 7.09. The number of nitrogen functional groups attached to an aromatic ring is 1. The fourth-order valence-corrected chi connectivity index (χ4v) is 4.63. The molecule has 0 saturated carbocycles. The second-order valence-corrected chi connectivity index (χ2v) is 9.96. The van der Waals surface area contributed by atoms with E-state index in [0.717, 1.165) is 29.1 Å². The molecule has 0 aliphatic heterocycles. The van der Waals surface area contributed by atoms with Gasteiger partial charge in [0.2, 0.25) is 5.91 Å². The number of nitrogens with zero attached hydrogens (tertiary/aromatic N) is 2. The zero-order valence-electron chi connectivity index (χ0n) is 21.7. The lowest BCUT2D eigenvalue weighted by Crippen LogP contribution is -2.44. The maximum absolute atomic E-state index is 14.1. The predicted molar refractivity (Wildman–Crippen MR) is 146 cm³/mol. The van der Waals surface area contributed by atoms with E-state index in [1.807, 2.05) is 26.0 Å². The summed E-state index contributed by atoms with van der Waals surface area (Å²) in [4.78, 5) is 41.2. The maximum atomic E-state index is 14.1. The monoisotopic (exact) mass is 523 g/mol. The molecule has 2 aromatic carbocycles. The van der Waals surface area contributed by atoms with E-state index in [9.17, 15) is 14.4 Å². The predicted octanol–water partition coefficient (Wildman–Crippen LogP) is 4.00. The normalized spacial score (nSPS) is 11.7. The number of methoxy groups -OCH3 is 1. The van der Waals surface area contributed by atoms with E-state index in [1.165, 1.54) is 4.90 Å². The van der Waals surface area contributed by atoms with Gasteiger partial charge in [0.1, 0.15) is 16.7 Å². The highest BCUT2D eigenvalue weighted by Gasteiger charge is 2.36. The Morgan fingerprint density at radius 2 is 1.78 bits per heavy atom. The molecule has 37 heavy (non-hydrogen) atoms. The number of primary amides is 1. The van der Waals surface area contributed by atoms with E-state index in [1.54, 1.807) is 37.4 Å². The van der Waals surface area contributed by atoms with Crippen LogP contribution in [0.25, 0.3) is 0 Å². The molecule has 0 aliphatic carbocycles. The van der Waals surface area contributed by atoms with Crippen molar-refractivity contribution in [2.75, 3.05) is 24.3 Å². The lowest BCUT2D eigenvalue weighted by molar-refractivity contribution is -0.122. The molecule has 0 spiro atoms. The largest absolute Gasteiger partial charge is 0.497 e. The van der Waals surface area contributed by atoms with Crippen LogP contribution < -0.4 is 26.4 Å². The van der Waals surface area contributed by atoms with Crippen molar-refractivity contribution in [1.82, 2.24) is 9.69 Å². The van der Waals surface area contributed by atoms with Crippen molar-refractivity contribution >= 4 is 40.6 Å². The van der Waals surface area contributed by atoms with Gasteiger partial charge >= 0.3 is 0 Å². The summed E-state index contributed by atoms with van der Waals surface area (Å²) >= 11 is 0.779. The third-order valence-electron chi connectivity index (χ3n) is 6.17. The Balaban J connectivity index is 2.21. The van der Waals surface area contributed by atoms with Crippen LogP contribution >= 0.6 is 11.5 Å². The Hall–Kier alpha value is -3.92. The van der Waals surface area contributed by atoms with Crippen LogP contribution in [0.1, 0.15) is 63.2 Å². The Kier molecular flexibility index (Phi) is 8.88. The molecular weight excluding hydrogens is 490 g/mol. The zero-order chi connectivity index (χ0) is 27.3. The third kappa shape index (κ3) is 6.08. The Morgan fingerprint density at radius 1 is 1.11 bits per heavy atom. The molecular formula is C27H33N5O4S. The molecule has 0 aliphatic rings. The molecule has 1 atom stereocenters. The molecule has 1 aromatic heterocycles. The van der Waals surface area contributed by atoms with Gasteiger partial charge in [0.15, 0.2) is 5.69 Å². The van der Waals surface area contributed by atoms with Crippen molar-refractivity contribution < 1.29 is 19.1 Å². The van der Waals surface area contributed by atoms with E-state index in [4.69, 9.17) is 16.2 Å². The van der Waals surface area contributed by atoms with Crippen molar-refractivity contribution in [2.24, 2.45) is 11.7 Å². The van der Waals surface area contributed by atoms with Crippen LogP contribution in [0.5, 0.6) is 5.75 Å². The fraction of sp³-hybridized carbons (Fsp3) is 0.333. The van der Waals surface area contributed by atoms with E-state index < -0.39 is 17.9 Å². The highest BCUT2D eigenvalue weighted by Crippen LogP contribution is 2.36. The molecule has 9 nitrogen and oxygen atoms in total. The molecule has 0 fully saturated rings. The minimum absolute atomic E-state index is 0.0307. The Bertz CT molecular complexity index is 1290. The second-order valence-electron chi connectivity index (χ2n) is 9.18. The first-order chi connectivity index (χ1) is 17.6. The van der Waals surface area contributed by atoms with E-state index in [0.29, 0.717) is 29.5 Å². The first-order valence-electron chi connectivity index (χ1n) is 11.9. The van der Waals surface area contributed by atoms with Gasteiger partial charge in [0, 0.05) is 12.2 Å². The topological polar surface area (TPSA) is 141 Å². The number of anilines is 2. The number of ether oxygens (including phenoxy) is 1. The minimum Gasteiger partial charge on any atom is -0.497 e. The smallest absolute Gasteiger partial charge is 0.273 e. The van der Waals surface area contributed by atoms with Crippen LogP contribution in [0.2, 0.25) is 0 Å². The van der Waals surface area contributed by atoms with Gasteiger partial charge in [-0.25, -0.2) is 0 Å². The molecule has 3 amide bonds. The van der Waals surface area contributed by atoms with Crippen LogP contribution in [0.3, 0.4) is 0 Å². The standard InChI is InChI=1S/C27H33N5O4S/c1-15(2)13-14-30-26(34)23(18-9-11-19(36-5)12-10-18)32(20-8-6-7-16(3)17(20)4)27(35)24-21(28)22(25(29)33)31-37-24/h6-12,15,23H,13-14,28H2,1-5H3,(H2,29,33)(H,30,34)/t23-/m1/s1. The fourth-order valence-electron chi connectivity index (χ4n) is 3.89. The lowest BCUT2D eigenvalue weighted by atomic mass is 9.99. The van der Waals surface area contributed by atoms with Gasteiger partial charge < -0.3 is 21.5 Å². The number of hydrogen-bond donors (Lipinski definition) is 3. The number of hydrogen-bond acceptors (Lipinski definition) is 7. The van der Waals surface area contributed by atoms with Crippen molar-refractivity contribution in [1.29, 1.82) is 0 Å². The summed E-state index contributed by atoms with van der Waals surface area (Å²) < 4.78 is 9.29.